The SMILES string of the molecule is CCOc1cc(C(=O)NC(=S)Nc2c(O)ccc3ccccc23)cc(OCC)c1OCC. The number of hydrogen-bond acceptors (Lipinski definition) is 6. The number of carbonyl (C=O) groups is 1. The van der Waals surface area contributed by atoms with Crippen molar-refractivity contribution < 1.29 is 24.1 Å². The Kier molecular flexibility index (Phi) is 7.72. The number of benzene rings is 3. The number of phenols is 1. The number of thiocarbonyl (C=S) groups is 1. The van der Waals surface area contributed by atoms with Gasteiger partial charge in [-0.1, -0.05) is 30.3 Å². The number of hydrogen-bond donors (Lipinski definition) is 3. The summed E-state index contributed by atoms with van der Waals surface area (Å²) in [5.41, 5.74) is 0.719. The molecule has 0 saturated heterocycles. The summed E-state index contributed by atoms with van der Waals surface area (Å²) in [6.45, 7) is 6.78. The van der Waals surface area contributed by atoms with Gasteiger partial charge in [0.2, 0.25) is 5.75 Å². The number of carbonyl (C=O) groups excluding carboxylic acids is 1. The molecule has 0 atom stereocenters. The van der Waals surface area contributed by atoms with Crippen molar-refractivity contribution in [3.05, 3.63) is 54.1 Å². The van der Waals surface area contributed by atoms with Crippen LogP contribution in [0.4, 0.5) is 5.69 Å². The molecule has 0 unspecified atom stereocenters. The van der Waals surface area contributed by atoms with Crippen LogP contribution in [0.2, 0.25) is 0 Å². The first-order chi connectivity index (χ1) is 15.5. The van der Waals surface area contributed by atoms with Crippen LogP contribution in [0.5, 0.6) is 23.0 Å². The van der Waals surface area contributed by atoms with Gasteiger partial charge >= 0.3 is 0 Å². The molecule has 1 amide bonds. The Morgan fingerprint density at radius 3 is 2.19 bits per heavy atom. The Morgan fingerprint density at radius 2 is 1.56 bits per heavy atom. The summed E-state index contributed by atoms with van der Waals surface area (Å²) >= 11 is 5.33. The average molecular weight is 455 g/mol. The highest BCUT2D eigenvalue weighted by Gasteiger charge is 2.19. The summed E-state index contributed by atoms with van der Waals surface area (Å²) in [6.07, 6.45) is 0. The Labute approximate surface area is 192 Å². The molecule has 0 aromatic heterocycles. The normalized spacial score (nSPS) is 10.5. The summed E-state index contributed by atoms with van der Waals surface area (Å²) in [4.78, 5) is 12.9. The summed E-state index contributed by atoms with van der Waals surface area (Å²) in [7, 11) is 0. The van der Waals surface area contributed by atoms with Crippen molar-refractivity contribution >= 4 is 39.7 Å². The van der Waals surface area contributed by atoms with Gasteiger partial charge in [-0.3, -0.25) is 10.1 Å². The van der Waals surface area contributed by atoms with E-state index in [1.807, 2.05) is 51.1 Å². The van der Waals surface area contributed by atoms with Crippen molar-refractivity contribution in [2.75, 3.05) is 25.1 Å². The lowest BCUT2D eigenvalue weighted by atomic mass is 10.1. The van der Waals surface area contributed by atoms with Gasteiger partial charge < -0.3 is 24.6 Å². The van der Waals surface area contributed by atoms with Crippen molar-refractivity contribution in [2.24, 2.45) is 0 Å². The molecule has 0 spiro atoms. The van der Waals surface area contributed by atoms with Gasteiger partial charge in [0.1, 0.15) is 5.75 Å². The largest absolute Gasteiger partial charge is 0.506 e. The highest BCUT2D eigenvalue weighted by Crippen LogP contribution is 2.39. The predicted molar refractivity (Wildman–Crippen MR) is 129 cm³/mol. The molecule has 0 fully saturated rings. The molecular weight excluding hydrogens is 428 g/mol. The van der Waals surface area contributed by atoms with Crippen molar-refractivity contribution in [2.45, 2.75) is 20.8 Å². The predicted octanol–water partition coefficient (Wildman–Crippen LogP) is 4.87. The molecule has 32 heavy (non-hydrogen) atoms. The average Bonchev–Trinajstić information content (AvgIpc) is 2.78. The van der Waals surface area contributed by atoms with Crippen LogP contribution in [0, 0.1) is 0 Å². The Balaban J connectivity index is 1.85. The van der Waals surface area contributed by atoms with Crippen LogP contribution in [-0.4, -0.2) is 35.9 Å². The third-order valence-electron chi connectivity index (χ3n) is 4.54. The molecule has 0 aliphatic heterocycles. The summed E-state index contributed by atoms with van der Waals surface area (Å²) in [6, 6.07) is 14.1. The maximum atomic E-state index is 12.9. The molecule has 168 valence electrons. The van der Waals surface area contributed by atoms with Gasteiger partial charge in [0.15, 0.2) is 16.6 Å². The number of rotatable bonds is 8. The minimum Gasteiger partial charge on any atom is -0.506 e. The van der Waals surface area contributed by atoms with Crippen LogP contribution in [-0.2, 0) is 0 Å². The van der Waals surface area contributed by atoms with E-state index in [0.29, 0.717) is 48.3 Å². The van der Waals surface area contributed by atoms with Crippen LogP contribution in [0.15, 0.2) is 48.5 Å². The second-order valence-electron chi connectivity index (χ2n) is 6.69. The maximum Gasteiger partial charge on any atom is 0.257 e. The van der Waals surface area contributed by atoms with E-state index in [-0.39, 0.29) is 10.9 Å². The highest BCUT2D eigenvalue weighted by molar-refractivity contribution is 7.80. The number of phenolic OH excluding ortho intramolecular Hbond substituents is 1. The molecule has 0 aliphatic rings. The smallest absolute Gasteiger partial charge is 0.257 e. The van der Waals surface area contributed by atoms with E-state index in [1.165, 1.54) is 0 Å². The molecule has 3 aromatic carbocycles. The first kappa shape index (κ1) is 23.1. The van der Waals surface area contributed by atoms with Crippen LogP contribution >= 0.6 is 12.2 Å². The Morgan fingerprint density at radius 1 is 0.938 bits per heavy atom. The van der Waals surface area contributed by atoms with E-state index < -0.39 is 5.91 Å². The van der Waals surface area contributed by atoms with Crippen LogP contribution in [0.1, 0.15) is 31.1 Å². The van der Waals surface area contributed by atoms with Crippen molar-refractivity contribution in [3.63, 3.8) is 0 Å². The fraction of sp³-hybridized carbons (Fsp3) is 0.250. The lowest BCUT2D eigenvalue weighted by Crippen LogP contribution is -2.34. The third-order valence-corrected chi connectivity index (χ3v) is 4.75. The number of amides is 1. The number of ether oxygens (including phenoxy) is 3. The topological polar surface area (TPSA) is 89.1 Å². The Hall–Kier alpha value is -3.52. The van der Waals surface area contributed by atoms with Crippen molar-refractivity contribution in [1.29, 1.82) is 0 Å². The molecule has 0 saturated carbocycles. The third kappa shape index (κ3) is 5.20. The molecule has 7 nitrogen and oxygen atoms in total. The van der Waals surface area contributed by atoms with E-state index in [1.54, 1.807) is 18.2 Å². The highest BCUT2D eigenvalue weighted by atomic mass is 32.1. The fourth-order valence-electron chi connectivity index (χ4n) is 3.23. The van der Waals surface area contributed by atoms with Gasteiger partial charge in [0.05, 0.1) is 25.5 Å². The first-order valence-corrected chi connectivity index (χ1v) is 10.8. The molecule has 0 heterocycles. The van der Waals surface area contributed by atoms with Gasteiger partial charge in [-0.05, 0) is 56.6 Å². The molecule has 0 aliphatic carbocycles. The number of aromatic hydroxyl groups is 1. The fourth-order valence-corrected chi connectivity index (χ4v) is 3.43. The maximum absolute atomic E-state index is 12.9. The van der Waals surface area contributed by atoms with Gasteiger partial charge in [-0.25, -0.2) is 0 Å². The quantitative estimate of drug-likeness (QED) is 0.331. The van der Waals surface area contributed by atoms with E-state index in [9.17, 15) is 9.90 Å². The van der Waals surface area contributed by atoms with Crippen LogP contribution in [0.3, 0.4) is 0 Å². The summed E-state index contributed by atoms with van der Waals surface area (Å²) in [5.74, 6) is 0.854. The van der Waals surface area contributed by atoms with Crippen LogP contribution in [0.25, 0.3) is 10.8 Å². The number of fused-ring (bicyclic) bond motifs is 1. The summed E-state index contributed by atoms with van der Waals surface area (Å²) in [5, 5.41) is 17.6. The van der Waals surface area contributed by atoms with Gasteiger partial charge in [-0.2, -0.15) is 0 Å². The monoisotopic (exact) mass is 454 g/mol. The van der Waals surface area contributed by atoms with Crippen molar-refractivity contribution in [1.82, 2.24) is 5.32 Å². The zero-order valence-electron chi connectivity index (χ0n) is 18.2. The van der Waals surface area contributed by atoms with E-state index in [0.717, 1.165) is 10.8 Å². The zero-order valence-corrected chi connectivity index (χ0v) is 19.0. The van der Waals surface area contributed by atoms with Gasteiger partial charge in [0.25, 0.3) is 5.91 Å². The molecule has 3 aromatic rings. The molecule has 3 N–H and O–H groups in total. The molecule has 8 heteroatoms. The molecule has 3 rings (SSSR count). The minimum absolute atomic E-state index is 0.0265. The van der Waals surface area contributed by atoms with E-state index in [4.69, 9.17) is 26.4 Å². The van der Waals surface area contributed by atoms with E-state index in [2.05, 4.69) is 10.6 Å². The minimum atomic E-state index is -0.452. The summed E-state index contributed by atoms with van der Waals surface area (Å²) < 4.78 is 17.0. The lowest BCUT2D eigenvalue weighted by Gasteiger charge is -2.17. The standard InChI is InChI=1S/C24H26N2O5S/c1-4-29-19-13-16(14-20(30-5-2)22(19)31-6-3)23(28)26-24(32)25-21-17-10-8-7-9-15(17)11-12-18(21)27/h7-14,27H,4-6H2,1-3H3,(H2,25,26,28,32). The van der Waals surface area contributed by atoms with Crippen LogP contribution < -0.4 is 24.8 Å². The molecule has 0 radical (unpaired) electrons. The second-order valence-corrected chi connectivity index (χ2v) is 7.10. The van der Waals surface area contributed by atoms with E-state index >= 15 is 0 Å². The molecule has 0 bridgehead atoms. The van der Waals surface area contributed by atoms with Crippen molar-refractivity contribution in [3.8, 4) is 23.0 Å². The zero-order chi connectivity index (χ0) is 23.1. The first-order valence-electron chi connectivity index (χ1n) is 10.4. The lowest BCUT2D eigenvalue weighted by molar-refractivity contribution is 0.0976. The van der Waals surface area contributed by atoms with Gasteiger partial charge in [0, 0.05) is 10.9 Å². The Bertz CT molecular complexity index is 1110. The van der Waals surface area contributed by atoms with Gasteiger partial charge in [-0.15, -0.1) is 0 Å². The second kappa shape index (κ2) is 10.7. The number of nitrogens with one attached hydrogen (secondary N) is 2. The number of anilines is 1. The molecular formula is C24H26N2O5S.